The summed E-state index contributed by atoms with van der Waals surface area (Å²) in [7, 11) is 0. The van der Waals surface area contributed by atoms with Crippen LogP contribution < -0.4 is 9.80 Å². The fourth-order valence-electron chi connectivity index (χ4n) is 4.07. The summed E-state index contributed by atoms with van der Waals surface area (Å²) in [6.07, 6.45) is -0.503. The van der Waals surface area contributed by atoms with Crippen LogP contribution in [0, 0.1) is 0 Å². The SMILES string of the molecule is O=C1c2ccccc2C(=O)N1C1N(c2ccccc2)CCN1c1ccccc1. The Labute approximate surface area is 163 Å². The highest BCUT2D eigenvalue weighted by atomic mass is 16.2. The maximum absolute atomic E-state index is 13.2. The Bertz CT molecular complexity index is 953. The van der Waals surface area contributed by atoms with Gasteiger partial charge in [0, 0.05) is 24.5 Å². The van der Waals surface area contributed by atoms with Crippen LogP contribution in [0.25, 0.3) is 0 Å². The van der Waals surface area contributed by atoms with E-state index < -0.39 is 6.29 Å². The fraction of sp³-hybridized carbons (Fsp3) is 0.130. The highest BCUT2D eigenvalue weighted by Gasteiger charge is 2.47. The molecular formula is C23H19N3O2. The van der Waals surface area contributed by atoms with Crippen LogP contribution in [-0.4, -0.2) is 36.1 Å². The first-order valence-electron chi connectivity index (χ1n) is 9.36. The minimum Gasteiger partial charge on any atom is -0.332 e. The number of para-hydroxylation sites is 2. The van der Waals surface area contributed by atoms with Crippen molar-refractivity contribution in [3.05, 3.63) is 96.1 Å². The molecule has 0 radical (unpaired) electrons. The van der Waals surface area contributed by atoms with Crippen LogP contribution in [0.1, 0.15) is 20.7 Å². The first-order valence-corrected chi connectivity index (χ1v) is 9.36. The number of hydrogen-bond donors (Lipinski definition) is 0. The van der Waals surface area contributed by atoms with Gasteiger partial charge in [0.25, 0.3) is 11.8 Å². The Morgan fingerprint density at radius 1 is 0.571 bits per heavy atom. The van der Waals surface area contributed by atoms with Gasteiger partial charge >= 0.3 is 0 Å². The Hall–Kier alpha value is -3.60. The summed E-state index contributed by atoms with van der Waals surface area (Å²) < 4.78 is 0. The van der Waals surface area contributed by atoms with Crippen LogP contribution >= 0.6 is 0 Å². The zero-order valence-corrected chi connectivity index (χ0v) is 15.2. The number of amides is 2. The highest BCUT2D eigenvalue weighted by Crippen LogP contribution is 2.34. The quantitative estimate of drug-likeness (QED) is 0.662. The second-order valence-corrected chi connectivity index (χ2v) is 6.93. The molecule has 5 heteroatoms. The number of carbonyl (C=O) groups excluding carboxylic acids is 2. The van der Waals surface area contributed by atoms with Crippen LogP contribution in [0.5, 0.6) is 0 Å². The molecule has 2 amide bonds. The second kappa shape index (κ2) is 6.53. The Kier molecular flexibility index (Phi) is 3.86. The third kappa shape index (κ3) is 2.47. The lowest BCUT2D eigenvalue weighted by molar-refractivity contribution is 0.0592. The van der Waals surface area contributed by atoms with Crippen molar-refractivity contribution in [3.8, 4) is 0 Å². The average Bonchev–Trinajstić information content (AvgIpc) is 3.29. The normalized spacial score (nSPS) is 16.8. The third-order valence-electron chi connectivity index (χ3n) is 5.37. The summed E-state index contributed by atoms with van der Waals surface area (Å²) in [6, 6.07) is 26.9. The molecule has 0 bridgehead atoms. The molecule has 0 aliphatic carbocycles. The van der Waals surface area contributed by atoms with Crippen LogP contribution in [-0.2, 0) is 0 Å². The predicted octanol–water partition coefficient (Wildman–Crippen LogP) is 3.59. The van der Waals surface area contributed by atoms with E-state index in [0.29, 0.717) is 11.1 Å². The zero-order valence-electron chi connectivity index (χ0n) is 15.2. The van der Waals surface area contributed by atoms with Crippen molar-refractivity contribution in [2.75, 3.05) is 22.9 Å². The minimum atomic E-state index is -0.503. The number of anilines is 2. The molecule has 2 heterocycles. The summed E-state index contributed by atoms with van der Waals surface area (Å²) in [5.41, 5.74) is 2.92. The van der Waals surface area contributed by atoms with E-state index in [-0.39, 0.29) is 11.8 Å². The standard InChI is InChI=1S/C23H19N3O2/c27-21-19-13-7-8-14-20(19)22(28)26(21)23-24(17-9-3-1-4-10-17)15-16-25(23)18-11-5-2-6-12-18/h1-14,23H,15-16H2. The van der Waals surface area contributed by atoms with Gasteiger partial charge in [0.15, 0.2) is 6.29 Å². The summed E-state index contributed by atoms with van der Waals surface area (Å²) in [6.45, 7) is 1.44. The van der Waals surface area contributed by atoms with Gasteiger partial charge in [-0.25, -0.2) is 4.90 Å². The van der Waals surface area contributed by atoms with Gasteiger partial charge in [0.2, 0.25) is 0 Å². The lowest BCUT2D eigenvalue weighted by Gasteiger charge is -2.37. The van der Waals surface area contributed by atoms with Crippen LogP contribution in [0.2, 0.25) is 0 Å². The van der Waals surface area contributed by atoms with Gasteiger partial charge < -0.3 is 9.80 Å². The van der Waals surface area contributed by atoms with E-state index in [1.165, 1.54) is 4.90 Å². The smallest absolute Gasteiger partial charge is 0.264 e. The van der Waals surface area contributed by atoms with E-state index in [1.807, 2.05) is 60.7 Å². The molecule has 0 unspecified atom stereocenters. The summed E-state index contributed by atoms with van der Waals surface area (Å²) >= 11 is 0. The highest BCUT2D eigenvalue weighted by molar-refractivity contribution is 6.21. The number of fused-ring (bicyclic) bond motifs is 1. The molecule has 2 aliphatic rings. The molecule has 3 aromatic rings. The van der Waals surface area contributed by atoms with Gasteiger partial charge in [0.05, 0.1) is 11.1 Å². The second-order valence-electron chi connectivity index (χ2n) is 6.93. The minimum absolute atomic E-state index is 0.241. The first kappa shape index (κ1) is 16.6. The fourth-order valence-corrected chi connectivity index (χ4v) is 4.07. The number of benzene rings is 3. The topological polar surface area (TPSA) is 43.9 Å². The molecule has 3 aromatic carbocycles. The molecular weight excluding hydrogens is 350 g/mol. The van der Waals surface area contributed by atoms with Crippen molar-refractivity contribution in [1.82, 2.24) is 4.90 Å². The molecule has 28 heavy (non-hydrogen) atoms. The molecule has 0 atom stereocenters. The summed E-state index contributed by atoms with van der Waals surface area (Å²) in [5, 5.41) is 0. The number of hydrogen-bond acceptors (Lipinski definition) is 4. The Morgan fingerprint density at radius 2 is 0.964 bits per heavy atom. The predicted molar refractivity (Wildman–Crippen MR) is 108 cm³/mol. The molecule has 1 fully saturated rings. The number of rotatable bonds is 3. The van der Waals surface area contributed by atoms with Gasteiger partial charge in [0.1, 0.15) is 0 Å². The maximum atomic E-state index is 13.2. The van der Waals surface area contributed by atoms with Crippen molar-refractivity contribution in [2.24, 2.45) is 0 Å². The Morgan fingerprint density at radius 3 is 1.39 bits per heavy atom. The Balaban J connectivity index is 1.61. The van der Waals surface area contributed by atoms with Gasteiger partial charge in [-0.2, -0.15) is 0 Å². The lowest BCUT2D eigenvalue weighted by Crippen LogP contribution is -2.55. The van der Waals surface area contributed by atoms with Crippen molar-refractivity contribution >= 4 is 23.2 Å². The molecule has 0 spiro atoms. The molecule has 5 rings (SSSR count). The third-order valence-corrected chi connectivity index (χ3v) is 5.37. The maximum Gasteiger partial charge on any atom is 0.264 e. The number of carbonyl (C=O) groups is 2. The zero-order chi connectivity index (χ0) is 19.1. The lowest BCUT2D eigenvalue weighted by atomic mass is 10.1. The molecule has 1 saturated heterocycles. The van der Waals surface area contributed by atoms with Gasteiger partial charge in [-0.3, -0.25) is 9.59 Å². The van der Waals surface area contributed by atoms with E-state index in [0.717, 1.165) is 24.5 Å². The van der Waals surface area contributed by atoms with Crippen molar-refractivity contribution < 1.29 is 9.59 Å². The van der Waals surface area contributed by atoms with E-state index in [4.69, 9.17) is 0 Å². The van der Waals surface area contributed by atoms with E-state index in [1.54, 1.807) is 24.3 Å². The van der Waals surface area contributed by atoms with Crippen molar-refractivity contribution in [1.29, 1.82) is 0 Å². The number of nitrogens with zero attached hydrogens (tertiary/aromatic N) is 3. The molecule has 0 saturated carbocycles. The molecule has 0 N–H and O–H groups in total. The largest absolute Gasteiger partial charge is 0.332 e. The van der Waals surface area contributed by atoms with Crippen molar-refractivity contribution in [3.63, 3.8) is 0 Å². The van der Waals surface area contributed by atoms with Crippen LogP contribution in [0.3, 0.4) is 0 Å². The number of imide groups is 1. The van der Waals surface area contributed by atoms with Gasteiger partial charge in [-0.1, -0.05) is 48.5 Å². The van der Waals surface area contributed by atoms with E-state index in [9.17, 15) is 9.59 Å². The van der Waals surface area contributed by atoms with E-state index in [2.05, 4.69) is 9.80 Å². The van der Waals surface area contributed by atoms with Crippen LogP contribution in [0.4, 0.5) is 11.4 Å². The first-order chi connectivity index (χ1) is 13.8. The van der Waals surface area contributed by atoms with Gasteiger partial charge in [-0.15, -0.1) is 0 Å². The van der Waals surface area contributed by atoms with Crippen molar-refractivity contribution in [2.45, 2.75) is 6.29 Å². The molecule has 138 valence electrons. The monoisotopic (exact) mass is 369 g/mol. The molecule has 2 aliphatic heterocycles. The summed E-state index contributed by atoms with van der Waals surface area (Å²) in [5.74, 6) is -0.483. The van der Waals surface area contributed by atoms with E-state index >= 15 is 0 Å². The molecule has 5 nitrogen and oxygen atoms in total. The average molecular weight is 369 g/mol. The summed E-state index contributed by atoms with van der Waals surface area (Å²) in [4.78, 5) is 32.0. The molecule has 0 aromatic heterocycles. The van der Waals surface area contributed by atoms with Crippen LogP contribution in [0.15, 0.2) is 84.9 Å². The van der Waals surface area contributed by atoms with Gasteiger partial charge in [-0.05, 0) is 36.4 Å².